The second-order valence-corrected chi connectivity index (χ2v) is 8.38. The molecular formula is C25H25BrN2O5. The molecule has 0 saturated heterocycles. The first-order valence-corrected chi connectivity index (χ1v) is 11.3. The monoisotopic (exact) mass is 512 g/mol. The molecule has 1 aliphatic rings. The minimum absolute atomic E-state index is 0.141. The molecule has 0 spiro atoms. The molecule has 2 N–H and O–H groups in total. The molecule has 172 valence electrons. The maximum Gasteiger partial charge on any atom is 0.262 e. The molecule has 0 fully saturated rings. The number of halogens is 1. The van der Waals surface area contributed by atoms with Crippen LogP contribution in [0.25, 0.3) is 0 Å². The Morgan fingerprint density at radius 3 is 2.48 bits per heavy atom. The predicted molar refractivity (Wildman–Crippen MR) is 131 cm³/mol. The van der Waals surface area contributed by atoms with Gasteiger partial charge in [-0.15, -0.1) is 0 Å². The number of hydrogen-bond donors (Lipinski definition) is 2. The van der Waals surface area contributed by atoms with Crippen LogP contribution in [0.1, 0.15) is 11.1 Å². The van der Waals surface area contributed by atoms with Gasteiger partial charge in [0.25, 0.3) is 5.91 Å². The van der Waals surface area contributed by atoms with Crippen molar-refractivity contribution in [1.29, 1.82) is 0 Å². The molecule has 0 saturated carbocycles. The van der Waals surface area contributed by atoms with E-state index in [1.807, 2.05) is 61.5 Å². The van der Waals surface area contributed by atoms with Crippen LogP contribution in [0, 0.1) is 6.92 Å². The van der Waals surface area contributed by atoms with Crippen LogP contribution in [0.2, 0.25) is 0 Å². The van der Waals surface area contributed by atoms with E-state index in [-0.39, 0.29) is 12.5 Å². The molecule has 0 bridgehead atoms. The molecule has 0 radical (unpaired) electrons. The lowest BCUT2D eigenvalue weighted by Crippen LogP contribution is -2.20. The van der Waals surface area contributed by atoms with E-state index in [1.165, 1.54) is 0 Å². The lowest BCUT2D eigenvalue weighted by atomic mass is 10.2. The van der Waals surface area contributed by atoms with E-state index in [0.29, 0.717) is 35.7 Å². The summed E-state index contributed by atoms with van der Waals surface area (Å²) in [5.74, 6) is 2.24. The van der Waals surface area contributed by atoms with E-state index in [4.69, 9.17) is 18.9 Å². The molecule has 0 aliphatic carbocycles. The van der Waals surface area contributed by atoms with Crippen molar-refractivity contribution in [1.82, 2.24) is 0 Å². The molecule has 1 amide bonds. The Balaban J connectivity index is 1.38. The third kappa shape index (κ3) is 5.90. The molecule has 1 aliphatic heterocycles. The van der Waals surface area contributed by atoms with Crippen LogP contribution < -0.4 is 29.6 Å². The molecular weight excluding hydrogens is 488 g/mol. The summed E-state index contributed by atoms with van der Waals surface area (Å²) in [6.07, 6.45) is 0. The predicted octanol–water partition coefficient (Wildman–Crippen LogP) is 5.17. The van der Waals surface area contributed by atoms with Gasteiger partial charge in [-0.25, -0.2) is 0 Å². The Kier molecular flexibility index (Phi) is 7.24. The Morgan fingerprint density at radius 1 is 1.00 bits per heavy atom. The second kappa shape index (κ2) is 10.5. The first-order chi connectivity index (χ1) is 16.0. The van der Waals surface area contributed by atoms with Crippen LogP contribution in [0.4, 0.5) is 11.4 Å². The fourth-order valence-electron chi connectivity index (χ4n) is 3.34. The quantitative estimate of drug-likeness (QED) is 0.433. The molecule has 7 nitrogen and oxygen atoms in total. The molecule has 4 rings (SSSR count). The van der Waals surface area contributed by atoms with Gasteiger partial charge in [0, 0.05) is 24.0 Å². The zero-order chi connectivity index (χ0) is 23.2. The van der Waals surface area contributed by atoms with E-state index in [1.54, 1.807) is 7.11 Å². The molecule has 3 aromatic carbocycles. The molecule has 8 heteroatoms. The van der Waals surface area contributed by atoms with Crippen LogP contribution >= 0.6 is 15.9 Å². The smallest absolute Gasteiger partial charge is 0.262 e. The number of hydrogen-bond acceptors (Lipinski definition) is 6. The van der Waals surface area contributed by atoms with Crippen LogP contribution in [0.15, 0.2) is 59.1 Å². The highest BCUT2D eigenvalue weighted by Crippen LogP contribution is 2.37. The van der Waals surface area contributed by atoms with Crippen molar-refractivity contribution < 1.29 is 23.7 Å². The summed E-state index contributed by atoms with van der Waals surface area (Å²) < 4.78 is 23.2. The van der Waals surface area contributed by atoms with E-state index < -0.39 is 0 Å². The van der Waals surface area contributed by atoms with Gasteiger partial charge in [0.2, 0.25) is 0 Å². The summed E-state index contributed by atoms with van der Waals surface area (Å²) in [5, 5.41) is 6.19. The SMILES string of the molecule is COc1cc(CNc2ccc3c(c2)OCCO3)cc(Br)c1OCC(=O)Nc1ccc(C)cc1. The minimum atomic E-state index is -0.253. The van der Waals surface area contributed by atoms with Crippen LogP contribution in [0.5, 0.6) is 23.0 Å². The van der Waals surface area contributed by atoms with Gasteiger partial charge in [-0.2, -0.15) is 0 Å². The van der Waals surface area contributed by atoms with Gasteiger partial charge in [0.05, 0.1) is 11.6 Å². The minimum Gasteiger partial charge on any atom is -0.493 e. The average Bonchev–Trinajstić information content (AvgIpc) is 2.83. The second-order valence-electron chi connectivity index (χ2n) is 7.52. The van der Waals surface area contributed by atoms with Crippen molar-refractivity contribution >= 4 is 33.2 Å². The number of carbonyl (C=O) groups excluding carboxylic acids is 1. The number of methoxy groups -OCH3 is 1. The molecule has 3 aromatic rings. The highest BCUT2D eigenvalue weighted by Gasteiger charge is 2.15. The van der Waals surface area contributed by atoms with Crippen molar-refractivity contribution in [2.45, 2.75) is 13.5 Å². The third-order valence-electron chi connectivity index (χ3n) is 5.01. The third-order valence-corrected chi connectivity index (χ3v) is 5.60. The lowest BCUT2D eigenvalue weighted by Gasteiger charge is -2.19. The summed E-state index contributed by atoms with van der Waals surface area (Å²) in [7, 11) is 1.57. The number of benzene rings is 3. The van der Waals surface area contributed by atoms with Crippen molar-refractivity contribution in [2.75, 3.05) is 37.6 Å². The largest absolute Gasteiger partial charge is 0.493 e. The Labute approximate surface area is 201 Å². The van der Waals surface area contributed by atoms with Gasteiger partial charge in [-0.3, -0.25) is 4.79 Å². The van der Waals surface area contributed by atoms with Gasteiger partial charge >= 0.3 is 0 Å². The van der Waals surface area contributed by atoms with Gasteiger partial charge in [-0.1, -0.05) is 17.7 Å². The maximum absolute atomic E-state index is 12.3. The summed E-state index contributed by atoms with van der Waals surface area (Å²) in [4.78, 5) is 12.3. The van der Waals surface area contributed by atoms with Crippen LogP contribution in [-0.2, 0) is 11.3 Å². The summed E-state index contributed by atoms with van der Waals surface area (Å²) >= 11 is 3.54. The Morgan fingerprint density at radius 2 is 1.73 bits per heavy atom. The van der Waals surface area contributed by atoms with Crippen molar-refractivity contribution in [3.8, 4) is 23.0 Å². The van der Waals surface area contributed by atoms with Gasteiger partial charge in [0.15, 0.2) is 29.6 Å². The van der Waals surface area contributed by atoms with E-state index >= 15 is 0 Å². The van der Waals surface area contributed by atoms with Crippen molar-refractivity contribution in [2.24, 2.45) is 0 Å². The summed E-state index contributed by atoms with van der Waals surface area (Å²) in [6, 6.07) is 17.2. The van der Waals surface area contributed by atoms with Crippen LogP contribution in [0.3, 0.4) is 0 Å². The highest BCUT2D eigenvalue weighted by atomic mass is 79.9. The standard InChI is InChI=1S/C25H25BrN2O5/c1-16-3-5-18(6-4-16)28-24(29)15-33-25-20(26)11-17(12-23(25)30-2)14-27-19-7-8-21-22(13-19)32-10-9-31-21/h3-8,11-13,27H,9-10,14-15H2,1-2H3,(H,28,29). The number of nitrogens with one attached hydrogen (secondary N) is 2. The van der Waals surface area contributed by atoms with Crippen LogP contribution in [-0.4, -0.2) is 32.8 Å². The number of aryl methyl sites for hydroxylation is 1. The first kappa shape index (κ1) is 22.8. The topological polar surface area (TPSA) is 78.1 Å². The fourth-order valence-corrected chi connectivity index (χ4v) is 3.95. The van der Waals surface area contributed by atoms with E-state index in [9.17, 15) is 4.79 Å². The van der Waals surface area contributed by atoms with Crippen molar-refractivity contribution in [3.05, 3.63) is 70.2 Å². The Hall–Kier alpha value is -3.39. The zero-order valence-electron chi connectivity index (χ0n) is 18.4. The van der Waals surface area contributed by atoms with Crippen molar-refractivity contribution in [3.63, 3.8) is 0 Å². The molecule has 0 unspecified atom stereocenters. The molecule has 0 atom stereocenters. The number of amides is 1. The number of rotatable bonds is 8. The van der Waals surface area contributed by atoms with Gasteiger partial charge in [0.1, 0.15) is 13.2 Å². The number of carbonyl (C=O) groups is 1. The summed E-state index contributed by atoms with van der Waals surface area (Å²) in [5.41, 5.74) is 3.75. The van der Waals surface area contributed by atoms with Gasteiger partial charge in [-0.05, 0) is 64.8 Å². The van der Waals surface area contributed by atoms with E-state index in [0.717, 1.165) is 34.0 Å². The molecule has 0 aromatic heterocycles. The first-order valence-electron chi connectivity index (χ1n) is 10.5. The highest BCUT2D eigenvalue weighted by molar-refractivity contribution is 9.10. The van der Waals surface area contributed by atoms with Gasteiger partial charge < -0.3 is 29.6 Å². The normalized spacial score (nSPS) is 12.1. The summed E-state index contributed by atoms with van der Waals surface area (Å²) in [6.45, 7) is 3.52. The zero-order valence-corrected chi connectivity index (χ0v) is 20.0. The maximum atomic E-state index is 12.3. The molecule has 1 heterocycles. The number of ether oxygens (including phenoxy) is 4. The fraction of sp³-hybridized carbons (Fsp3) is 0.240. The molecule has 33 heavy (non-hydrogen) atoms. The Bertz CT molecular complexity index is 1130. The lowest BCUT2D eigenvalue weighted by molar-refractivity contribution is -0.118. The average molecular weight is 513 g/mol. The number of fused-ring (bicyclic) bond motifs is 1. The van der Waals surface area contributed by atoms with E-state index in [2.05, 4.69) is 26.6 Å². The number of anilines is 2.